The van der Waals surface area contributed by atoms with Gasteiger partial charge in [-0.15, -0.1) is 0 Å². The number of sulfonamides is 1. The lowest BCUT2D eigenvalue weighted by molar-refractivity contribution is -0.0258. The molecular formula is C17H18ClNO5S. The van der Waals surface area contributed by atoms with Gasteiger partial charge in [-0.05, 0) is 36.2 Å². The van der Waals surface area contributed by atoms with Gasteiger partial charge in [0, 0.05) is 7.05 Å². The van der Waals surface area contributed by atoms with E-state index in [0.29, 0.717) is 4.47 Å². The Kier molecular flexibility index (Phi) is 6.18. The first-order valence-electron chi connectivity index (χ1n) is 7.31. The van der Waals surface area contributed by atoms with Gasteiger partial charge in [-0.25, -0.2) is 13.2 Å². The number of carbonyl (C=O) groups excluding carboxylic acids is 1. The molecule has 8 heteroatoms. The Labute approximate surface area is 151 Å². The third kappa shape index (κ3) is 4.38. The number of halogens is 1. The monoisotopic (exact) mass is 383 g/mol. The van der Waals surface area contributed by atoms with E-state index in [1.807, 2.05) is 31.2 Å². The molecule has 0 aromatic heterocycles. The summed E-state index contributed by atoms with van der Waals surface area (Å²) >= 11 is 6.03. The average molecular weight is 384 g/mol. The quantitative estimate of drug-likeness (QED) is 0.565. The molecule has 0 saturated heterocycles. The maximum Gasteiger partial charge on any atom is 0.340 e. The predicted octanol–water partition coefficient (Wildman–Crippen LogP) is 3.19. The van der Waals surface area contributed by atoms with E-state index in [4.69, 9.17) is 21.2 Å². The number of nitrogens with zero attached hydrogens (tertiary/aromatic N) is 1. The van der Waals surface area contributed by atoms with E-state index in [9.17, 15) is 13.2 Å². The average Bonchev–Trinajstić information content (AvgIpc) is 2.60. The summed E-state index contributed by atoms with van der Waals surface area (Å²) in [6.45, 7) is 1.97. The number of ether oxygens (including phenoxy) is 1. The van der Waals surface area contributed by atoms with Crippen LogP contribution in [0.3, 0.4) is 0 Å². The van der Waals surface area contributed by atoms with E-state index in [-0.39, 0.29) is 22.1 Å². The molecule has 0 heterocycles. The third-order valence-electron chi connectivity index (χ3n) is 3.67. The maximum atomic E-state index is 12.3. The fourth-order valence-electron chi connectivity index (χ4n) is 2.06. The number of carbonyl (C=O) groups is 1. The first kappa shape index (κ1) is 19.4. The van der Waals surface area contributed by atoms with Crippen LogP contribution in [-0.4, -0.2) is 33.0 Å². The lowest BCUT2D eigenvalue weighted by Gasteiger charge is -2.15. The highest BCUT2D eigenvalue weighted by Crippen LogP contribution is 2.24. The first-order chi connectivity index (χ1) is 11.8. The number of hydrogen-bond acceptors (Lipinski definition) is 5. The maximum absolute atomic E-state index is 12.3. The summed E-state index contributed by atoms with van der Waals surface area (Å²) in [5.74, 6) is -0.703. The molecule has 25 heavy (non-hydrogen) atoms. The van der Waals surface area contributed by atoms with Crippen LogP contribution in [0.2, 0.25) is 5.02 Å². The van der Waals surface area contributed by atoms with Crippen molar-refractivity contribution in [3.05, 3.63) is 64.2 Å². The second-order valence-corrected chi connectivity index (χ2v) is 7.58. The molecule has 134 valence electrons. The Balaban J connectivity index is 2.25. The van der Waals surface area contributed by atoms with Crippen molar-refractivity contribution in [2.75, 3.05) is 14.2 Å². The lowest BCUT2D eigenvalue weighted by Crippen LogP contribution is -2.26. The lowest BCUT2D eigenvalue weighted by atomic mass is 10.1. The van der Waals surface area contributed by atoms with Crippen LogP contribution in [0.15, 0.2) is 47.4 Å². The van der Waals surface area contributed by atoms with Crippen molar-refractivity contribution in [2.24, 2.45) is 0 Å². The predicted molar refractivity (Wildman–Crippen MR) is 93.7 cm³/mol. The van der Waals surface area contributed by atoms with E-state index >= 15 is 0 Å². The zero-order chi connectivity index (χ0) is 18.6. The minimum Gasteiger partial charge on any atom is -0.457 e. The second-order valence-electron chi connectivity index (χ2n) is 5.24. The van der Waals surface area contributed by atoms with Gasteiger partial charge in [-0.3, -0.25) is 4.84 Å². The van der Waals surface area contributed by atoms with Gasteiger partial charge in [0.1, 0.15) is 6.61 Å². The second kappa shape index (κ2) is 7.97. The van der Waals surface area contributed by atoms with Gasteiger partial charge in [0.15, 0.2) is 0 Å². The van der Waals surface area contributed by atoms with Crippen LogP contribution in [0.1, 0.15) is 21.5 Å². The van der Waals surface area contributed by atoms with Crippen molar-refractivity contribution in [3.8, 4) is 0 Å². The van der Waals surface area contributed by atoms with E-state index < -0.39 is 16.0 Å². The third-order valence-corrected chi connectivity index (χ3v) is 5.68. The molecular weight excluding hydrogens is 366 g/mol. The van der Waals surface area contributed by atoms with Gasteiger partial charge in [0.05, 0.1) is 22.6 Å². The topological polar surface area (TPSA) is 72.9 Å². The van der Waals surface area contributed by atoms with Crippen LogP contribution in [0.5, 0.6) is 0 Å². The minimum absolute atomic E-state index is 0.0270. The zero-order valence-corrected chi connectivity index (χ0v) is 15.6. The summed E-state index contributed by atoms with van der Waals surface area (Å²) in [5.41, 5.74) is 1.81. The highest BCUT2D eigenvalue weighted by Gasteiger charge is 2.24. The van der Waals surface area contributed by atoms with Gasteiger partial charge in [0.2, 0.25) is 0 Å². The Morgan fingerprint density at radius 1 is 1.20 bits per heavy atom. The van der Waals surface area contributed by atoms with E-state index in [1.54, 1.807) is 0 Å². The summed E-state index contributed by atoms with van der Waals surface area (Å²) in [6, 6.07) is 11.3. The highest BCUT2D eigenvalue weighted by molar-refractivity contribution is 7.89. The number of hydroxylamine groups is 1. The number of aryl methyl sites for hydroxylation is 1. The smallest absolute Gasteiger partial charge is 0.340 e. The van der Waals surface area contributed by atoms with Crippen molar-refractivity contribution in [1.82, 2.24) is 4.47 Å². The van der Waals surface area contributed by atoms with Crippen LogP contribution in [0.4, 0.5) is 0 Å². The summed E-state index contributed by atoms with van der Waals surface area (Å²) < 4.78 is 30.5. The molecule has 0 aliphatic carbocycles. The standard InChI is InChI=1S/C17H18ClNO5S/c1-12-6-4-5-7-13(12)11-24-17(20)15-10-14(8-9-16(15)18)25(21,22)19(2)23-3/h4-10H,11H2,1-3H3. The van der Waals surface area contributed by atoms with Crippen LogP contribution >= 0.6 is 11.6 Å². The van der Waals surface area contributed by atoms with Crippen LogP contribution < -0.4 is 0 Å². The normalized spacial score (nSPS) is 11.6. The van der Waals surface area contributed by atoms with Gasteiger partial charge < -0.3 is 4.74 Å². The molecule has 0 fully saturated rings. The zero-order valence-electron chi connectivity index (χ0n) is 14.0. The van der Waals surface area contributed by atoms with Gasteiger partial charge in [0.25, 0.3) is 10.0 Å². The molecule has 0 N–H and O–H groups in total. The van der Waals surface area contributed by atoms with E-state index in [0.717, 1.165) is 11.1 Å². The van der Waals surface area contributed by atoms with Crippen molar-refractivity contribution in [3.63, 3.8) is 0 Å². The molecule has 0 bridgehead atoms. The molecule has 0 saturated carbocycles. The Morgan fingerprint density at radius 2 is 1.88 bits per heavy atom. The van der Waals surface area contributed by atoms with Crippen molar-refractivity contribution in [2.45, 2.75) is 18.4 Å². The van der Waals surface area contributed by atoms with Crippen LogP contribution in [0, 0.1) is 6.92 Å². The molecule has 0 amide bonds. The molecule has 0 radical (unpaired) electrons. The minimum atomic E-state index is -3.89. The first-order valence-corrected chi connectivity index (χ1v) is 9.13. The van der Waals surface area contributed by atoms with Crippen molar-refractivity contribution >= 4 is 27.6 Å². The molecule has 0 atom stereocenters. The van der Waals surface area contributed by atoms with E-state index in [1.165, 1.54) is 32.4 Å². The summed E-state index contributed by atoms with van der Waals surface area (Å²) in [5, 5.41) is 0.105. The highest BCUT2D eigenvalue weighted by atomic mass is 35.5. The fourth-order valence-corrected chi connectivity index (χ4v) is 3.26. The largest absolute Gasteiger partial charge is 0.457 e. The number of esters is 1. The van der Waals surface area contributed by atoms with Crippen molar-refractivity contribution < 1.29 is 22.8 Å². The number of hydrogen-bond donors (Lipinski definition) is 0. The van der Waals surface area contributed by atoms with Crippen LogP contribution in [0.25, 0.3) is 0 Å². The molecule has 0 unspecified atom stereocenters. The summed E-state index contributed by atoms with van der Waals surface area (Å²) in [7, 11) is -1.41. The molecule has 2 aromatic rings. The molecule has 0 aliphatic rings. The van der Waals surface area contributed by atoms with E-state index in [2.05, 4.69) is 0 Å². The number of rotatable bonds is 6. The number of benzene rings is 2. The van der Waals surface area contributed by atoms with Crippen molar-refractivity contribution in [1.29, 1.82) is 0 Å². The summed E-state index contributed by atoms with van der Waals surface area (Å²) in [6.07, 6.45) is 0. The molecule has 2 aromatic carbocycles. The molecule has 6 nitrogen and oxygen atoms in total. The Hall–Kier alpha value is -1.93. The fraction of sp³-hybridized carbons (Fsp3) is 0.235. The molecule has 0 spiro atoms. The summed E-state index contributed by atoms with van der Waals surface area (Å²) in [4.78, 5) is 16.9. The molecule has 2 rings (SSSR count). The SMILES string of the molecule is CON(C)S(=O)(=O)c1ccc(Cl)c(C(=O)OCc2ccccc2C)c1. The van der Waals surface area contributed by atoms with Gasteiger partial charge >= 0.3 is 5.97 Å². The Bertz CT molecular complexity index is 882. The Morgan fingerprint density at radius 3 is 2.52 bits per heavy atom. The van der Waals surface area contributed by atoms with Gasteiger partial charge in [-0.2, -0.15) is 0 Å². The van der Waals surface area contributed by atoms with Gasteiger partial charge in [-0.1, -0.05) is 40.3 Å². The van der Waals surface area contributed by atoms with Crippen LogP contribution in [-0.2, 0) is 26.2 Å². The molecule has 0 aliphatic heterocycles.